The van der Waals surface area contributed by atoms with Gasteiger partial charge in [0.2, 0.25) is 0 Å². The largest absolute Gasteiger partial charge is 0.431 e. The Morgan fingerprint density at radius 3 is 2.62 bits per heavy atom. The van der Waals surface area contributed by atoms with Gasteiger partial charge in [-0.2, -0.15) is 13.2 Å². The molecule has 4 rings (SSSR count). The normalized spacial score (nSPS) is 17.9. The van der Waals surface area contributed by atoms with Crippen molar-refractivity contribution in [2.24, 2.45) is 0 Å². The van der Waals surface area contributed by atoms with Crippen LogP contribution in [0, 0.1) is 6.92 Å². The highest BCUT2D eigenvalue weighted by Gasteiger charge is 2.36. The summed E-state index contributed by atoms with van der Waals surface area (Å²) < 4.78 is 42.6. The fourth-order valence-corrected chi connectivity index (χ4v) is 4.17. The molecule has 0 N–H and O–H groups in total. The average molecular weight is 401 g/mol. The van der Waals surface area contributed by atoms with Gasteiger partial charge in [-0.05, 0) is 56.1 Å². The van der Waals surface area contributed by atoms with Crippen LogP contribution < -0.4 is 5.43 Å². The van der Waals surface area contributed by atoms with Crippen LogP contribution in [0.2, 0.25) is 0 Å². The first-order valence-corrected chi connectivity index (χ1v) is 9.67. The lowest BCUT2D eigenvalue weighted by molar-refractivity contribution is -0.144. The number of hydrogen-bond donors (Lipinski definition) is 0. The first kappa shape index (κ1) is 19.6. The van der Waals surface area contributed by atoms with E-state index in [2.05, 4.69) is 9.88 Å². The summed E-state index contributed by atoms with van der Waals surface area (Å²) in [6, 6.07) is 9.60. The molecule has 152 valence electrons. The van der Waals surface area contributed by atoms with Gasteiger partial charge in [-0.1, -0.05) is 11.6 Å². The second kappa shape index (κ2) is 7.63. The van der Waals surface area contributed by atoms with Crippen molar-refractivity contribution in [1.82, 2.24) is 14.5 Å². The van der Waals surface area contributed by atoms with E-state index >= 15 is 0 Å². The molecule has 1 atom stereocenters. The van der Waals surface area contributed by atoms with Crippen molar-refractivity contribution in [2.75, 3.05) is 6.54 Å². The van der Waals surface area contributed by atoms with Gasteiger partial charge in [0.25, 0.3) is 0 Å². The number of alkyl halides is 3. The third-order valence-electron chi connectivity index (χ3n) is 5.58. The minimum atomic E-state index is -4.59. The zero-order valence-corrected chi connectivity index (χ0v) is 16.1. The Hall–Kier alpha value is -2.67. The molecule has 0 bridgehead atoms. The standard InChI is InChI=1S/C22H22F3N3O/c1-15-4-5-19-18(11-15)20(29)12-21(22(23,24)25)28(19)14-17-3-2-10-27(17)13-16-6-8-26-9-7-16/h4-9,11-12,17H,2-3,10,13-14H2,1H3/t17-/m0/s1. The van der Waals surface area contributed by atoms with Crippen molar-refractivity contribution in [3.8, 4) is 0 Å². The maximum atomic E-state index is 13.8. The number of nitrogens with zero attached hydrogens (tertiary/aromatic N) is 3. The maximum Gasteiger partial charge on any atom is 0.431 e. The van der Waals surface area contributed by atoms with E-state index in [-0.39, 0.29) is 12.6 Å². The molecule has 1 saturated heterocycles. The van der Waals surface area contributed by atoms with Crippen molar-refractivity contribution >= 4 is 10.9 Å². The molecule has 1 fully saturated rings. The molecule has 0 aliphatic carbocycles. The predicted octanol–water partition coefficient (Wildman–Crippen LogP) is 4.39. The molecular formula is C22H22F3N3O. The molecular weight excluding hydrogens is 379 g/mol. The number of hydrogen-bond acceptors (Lipinski definition) is 3. The van der Waals surface area contributed by atoms with Crippen molar-refractivity contribution in [1.29, 1.82) is 0 Å². The van der Waals surface area contributed by atoms with Gasteiger partial charge in [-0.3, -0.25) is 14.7 Å². The molecule has 1 aliphatic rings. The van der Waals surface area contributed by atoms with E-state index in [4.69, 9.17) is 0 Å². The van der Waals surface area contributed by atoms with Crippen molar-refractivity contribution in [3.63, 3.8) is 0 Å². The van der Waals surface area contributed by atoms with Crippen LogP contribution in [-0.2, 0) is 19.3 Å². The first-order chi connectivity index (χ1) is 13.8. The van der Waals surface area contributed by atoms with Gasteiger partial charge in [0.15, 0.2) is 5.43 Å². The van der Waals surface area contributed by atoms with Gasteiger partial charge in [-0.15, -0.1) is 0 Å². The van der Waals surface area contributed by atoms with Crippen LogP contribution in [0.5, 0.6) is 0 Å². The molecule has 0 spiro atoms. The Kier molecular flexibility index (Phi) is 5.17. The fraction of sp³-hybridized carbons (Fsp3) is 0.364. The number of benzene rings is 1. The summed E-state index contributed by atoms with van der Waals surface area (Å²) in [6.07, 6.45) is 0.614. The Balaban J connectivity index is 1.74. The number of likely N-dealkylation sites (tertiary alicyclic amines) is 1. The Morgan fingerprint density at radius 2 is 1.90 bits per heavy atom. The number of aryl methyl sites for hydroxylation is 1. The lowest BCUT2D eigenvalue weighted by Crippen LogP contribution is -2.34. The molecule has 1 aliphatic heterocycles. The fourth-order valence-electron chi connectivity index (χ4n) is 4.17. The lowest BCUT2D eigenvalue weighted by Gasteiger charge is -2.28. The number of rotatable bonds is 4. The Morgan fingerprint density at radius 1 is 1.14 bits per heavy atom. The summed E-state index contributed by atoms with van der Waals surface area (Å²) in [5.41, 5.74) is 0.803. The average Bonchev–Trinajstić information content (AvgIpc) is 3.10. The van der Waals surface area contributed by atoms with Crippen LogP contribution in [0.1, 0.15) is 29.7 Å². The van der Waals surface area contributed by atoms with Gasteiger partial charge >= 0.3 is 6.18 Å². The third-order valence-corrected chi connectivity index (χ3v) is 5.58. The summed E-state index contributed by atoms with van der Waals surface area (Å²) in [7, 11) is 0. The summed E-state index contributed by atoms with van der Waals surface area (Å²) in [6.45, 7) is 3.53. The van der Waals surface area contributed by atoms with E-state index in [9.17, 15) is 18.0 Å². The highest BCUT2D eigenvalue weighted by Crippen LogP contribution is 2.32. The molecule has 1 aromatic carbocycles. The molecule has 4 nitrogen and oxygen atoms in total. The second-order valence-electron chi connectivity index (χ2n) is 7.64. The monoisotopic (exact) mass is 401 g/mol. The molecule has 0 unspecified atom stereocenters. The zero-order chi connectivity index (χ0) is 20.6. The molecule has 3 aromatic rings. The van der Waals surface area contributed by atoms with Gasteiger partial charge in [0.1, 0.15) is 5.69 Å². The minimum Gasteiger partial charge on any atom is -0.335 e. The lowest BCUT2D eigenvalue weighted by atomic mass is 10.1. The summed E-state index contributed by atoms with van der Waals surface area (Å²) in [4.78, 5) is 18.6. The quantitative estimate of drug-likeness (QED) is 0.651. The number of aromatic nitrogens is 2. The van der Waals surface area contributed by atoms with Gasteiger partial charge in [0.05, 0.1) is 5.52 Å². The number of fused-ring (bicyclic) bond motifs is 1. The number of pyridine rings is 2. The zero-order valence-electron chi connectivity index (χ0n) is 16.1. The predicted molar refractivity (Wildman–Crippen MR) is 106 cm³/mol. The van der Waals surface area contributed by atoms with E-state index in [1.807, 2.05) is 19.1 Å². The number of halogens is 3. The van der Waals surface area contributed by atoms with Gasteiger partial charge in [0, 0.05) is 43.0 Å². The van der Waals surface area contributed by atoms with E-state index < -0.39 is 17.3 Å². The molecule has 0 amide bonds. The van der Waals surface area contributed by atoms with Crippen LogP contribution in [-0.4, -0.2) is 27.0 Å². The molecule has 2 aromatic heterocycles. The van der Waals surface area contributed by atoms with E-state index in [1.165, 1.54) is 4.57 Å². The van der Waals surface area contributed by atoms with Crippen LogP contribution in [0.3, 0.4) is 0 Å². The summed E-state index contributed by atoms with van der Waals surface area (Å²) in [5.74, 6) is 0. The first-order valence-electron chi connectivity index (χ1n) is 9.67. The highest BCUT2D eigenvalue weighted by atomic mass is 19.4. The van der Waals surface area contributed by atoms with Gasteiger partial charge < -0.3 is 4.57 Å². The molecule has 29 heavy (non-hydrogen) atoms. The van der Waals surface area contributed by atoms with Crippen molar-refractivity contribution in [2.45, 2.75) is 45.1 Å². The van der Waals surface area contributed by atoms with E-state index in [0.717, 1.165) is 36.6 Å². The molecule has 3 heterocycles. The molecule has 0 radical (unpaired) electrons. The topological polar surface area (TPSA) is 38.1 Å². The van der Waals surface area contributed by atoms with E-state index in [0.29, 0.717) is 17.4 Å². The highest BCUT2D eigenvalue weighted by molar-refractivity contribution is 5.80. The van der Waals surface area contributed by atoms with Crippen molar-refractivity contribution in [3.05, 3.63) is 75.8 Å². The van der Waals surface area contributed by atoms with Crippen LogP contribution in [0.4, 0.5) is 13.2 Å². The minimum absolute atomic E-state index is 0.0312. The maximum absolute atomic E-state index is 13.8. The molecule has 7 heteroatoms. The molecule has 0 saturated carbocycles. The third kappa shape index (κ3) is 4.05. The van der Waals surface area contributed by atoms with Crippen molar-refractivity contribution < 1.29 is 13.2 Å². The van der Waals surface area contributed by atoms with Gasteiger partial charge in [-0.25, -0.2) is 0 Å². The van der Waals surface area contributed by atoms with Crippen LogP contribution in [0.15, 0.2) is 53.6 Å². The Bertz CT molecular complexity index is 1080. The van der Waals surface area contributed by atoms with Crippen LogP contribution in [0.25, 0.3) is 10.9 Å². The van der Waals surface area contributed by atoms with Crippen LogP contribution >= 0.6 is 0 Å². The Labute approximate surface area is 166 Å². The smallest absolute Gasteiger partial charge is 0.335 e. The second-order valence-corrected chi connectivity index (χ2v) is 7.64. The summed E-state index contributed by atoms with van der Waals surface area (Å²) >= 11 is 0. The van der Waals surface area contributed by atoms with E-state index in [1.54, 1.807) is 30.6 Å². The SMILES string of the molecule is Cc1ccc2c(c1)c(=O)cc(C(F)(F)F)n2C[C@@H]1CCCN1Cc1ccncc1. The summed E-state index contributed by atoms with van der Waals surface area (Å²) in [5, 5.41) is 0.330.